The molecule has 1 N–H and O–H groups in total. The first kappa shape index (κ1) is 16.5. The fourth-order valence-corrected chi connectivity index (χ4v) is 4.47. The zero-order valence-electron chi connectivity index (χ0n) is 15.9. The van der Waals surface area contributed by atoms with Gasteiger partial charge in [-0.2, -0.15) is 0 Å². The summed E-state index contributed by atoms with van der Waals surface area (Å²) in [6, 6.07) is 15.9. The highest BCUT2D eigenvalue weighted by molar-refractivity contribution is 5.93. The van der Waals surface area contributed by atoms with Gasteiger partial charge in [0.1, 0.15) is 6.54 Å². The van der Waals surface area contributed by atoms with E-state index >= 15 is 0 Å². The summed E-state index contributed by atoms with van der Waals surface area (Å²) >= 11 is 0. The molecular formula is C23H20N4O2. The molecule has 0 spiro atoms. The van der Waals surface area contributed by atoms with Crippen LogP contribution < -0.4 is 10.9 Å². The molecule has 0 radical (unpaired) electrons. The van der Waals surface area contributed by atoms with E-state index in [-0.39, 0.29) is 18.0 Å². The van der Waals surface area contributed by atoms with E-state index in [2.05, 4.69) is 11.4 Å². The molecule has 6 rings (SSSR count). The molecule has 2 aromatic heterocycles. The number of amides is 1. The number of aromatic nitrogens is 3. The molecule has 29 heavy (non-hydrogen) atoms. The van der Waals surface area contributed by atoms with E-state index in [9.17, 15) is 9.59 Å². The van der Waals surface area contributed by atoms with Gasteiger partial charge in [-0.05, 0) is 43.0 Å². The third kappa shape index (κ3) is 2.52. The van der Waals surface area contributed by atoms with Crippen molar-refractivity contribution in [3.05, 3.63) is 64.4 Å². The molecule has 1 aliphatic heterocycles. The first-order chi connectivity index (χ1) is 14.2. The number of carbonyl (C=O) groups excluding carboxylic acids is 1. The van der Waals surface area contributed by atoms with Crippen LogP contribution in [-0.4, -0.2) is 26.1 Å². The second-order valence-corrected chi connectivity index (χ2v) is 7.93. The predicted molar refractivity (Wildman–Crippen MR) is 112 cm³/mol. The summed E-state index contributed by atoms with van der Waals surface area (Å²) in [5.74, 6) is 0.668. The number of hydrogen-bond acceptors (Lipinski definition) is 3. The molecule has 1 fully saturated rings. The van der Waals surface area contributed by atoms with Crippen LogP contribution in [0, 0.1) is 0 Å². The van der Waals surface area contributed by atoms with Gasteiger partial charge in [0.15, 0.2) is 5.82 Å². The van der Waals surface area contributed by atoms with Crippen molar-refractivity contribution in [2.45, 2.75) is 38.4 Å². The quantitative estimate of drug-likeness (QED) is 0.591. The Morgan fingerprint density at radius 1 is 1.07 bits per heavy atom. The van der Waals surface area contributed by atoms with Crippen molar-refractivity contribution in [1.29, 1.82) is 0 Å². The van der Waals surface area contributed by atoms with E-state index in [1.54, 1.807) is 4.57 Å². The van der Waals surface area contributed by atoms with Gasteiger partial charge in [0.25, 0.3) is 5.56 Å². The van der Waals surface area contributed by atoms with Crippen LogP contribution in [-0.2, 0) is 24.3 Å². The number of rotatable bonds is 3. The minimum atomic E-state index is -0.0181. The summed E-state index contributed by atoms with van der Waals surface area (Å²) in [7, 11) is 0. The Labute approximate surface area is 166 Å². The van der Waals surface area contributed by atoms with Crippen LogP contribution in [0.5, 0.6) is 0 Å². The molecule has 2 aliphatic rings. The summed E-state index contributed by atoms with van der Waals surface area (Å²) in [5.41, 5.74) is 3.75. The molecule has 1 aliphatic carbocycles. The standard InChI is InChI=1S/C23H20N4O2/c28-20(24-14-9-10-14)13-27-19-8-4-2-5-15(19)16-11-12-26-22(21(16)27)25-18-7-3-1-6-17(18)23(26)29/h1-8,14H,9-13H2,(H,24,28). The van der Waals surface area contributed by atoms with Crippen LogP contribution >= 0.6 is 0 Å². The first-order valence-corrected chi connectivity index (χ1v) is 10.1. The Morgan fingerprint density at radius 2 is 1.83 bits per heavy atom. The van der Waals surface area contributed by atoms with E-state index in [0.717, 1.165) is 35.9 Å². The summed E-state index contributed by atoms with van der Waals surface area (Å²) in [6.45, 7) is 0.830. The lowest BCUT2D eigenvalue weighted by Crippen LogP contribution is -2.31. The predicted octanol–water partition coefficient (Wildman–Crippen LogP) is 2.85. The van der Waals surface area contributed by atoms with Crippen molar-refractivity contribution in [3.8, 4) is 11.5 Å². The molecule has 0 unspecified atom stereocenters. The first-order valence-electron chi connectivity index (χ1n) is 10.1. The van der Waals surface area contributed by atoms with Gasteiger partial charge in [-0.25, -0.2) is 4.98 Å². The van der Waals surface area contributed by atoms with Gasteiger partial charge in [0.2, 0.25) is 5.91 Å². The fraction of sp³-hybridized carbons (Fsp3) is 0.261. The molecule has 2 aromatic carbocycles. The molecule has 1 amide bonds. The minimum absolute atomic E-state index is 0.0105. The second-order valence-electron chi connectivity index (χ2n) is 7.93. The SMILES string of the molecule is O=C(Cn1c2c(c3ccccc31)CCn1c-2nc2ccccc2c1=O)NC1CC1. The van der Waals surface area contributed by atoms with Crippen LogP contribution in [0.15, 0.2) is 53.3 Å². The molecular weight excluding hydrogens is 364 g/mol. The Hall–Kier alpha value is -3.41. The maximum absolute atomic E-state index is 13.1. The smallest absolute Gasteiger partial charge is 0.261 e. The Morgan fingerprint density at radius 3 is 2.66 bits per heavy atom. The van der Waals surface area contributed by atoms with Gasteiger partial charge >= 0.3 is 0 Å². The average molecular weight is 384 g/mol. The highest BCUT2D eigenvalue weighted by Gasteiger charge is 2.29. The van der Waals surface area contributed by atoms with Crippen molar-refractivity contribution in [1.82, 2.24) is 19.4 Å². The van der Waals surface area contributed by atoms with Crippen LogP contribution in [0.1, 0.15) is 18.4 Å². The highest BCUT2D eigenvalue weighted by Crippen LogP contribution is 2.36. The number of carbonyl (C=O) groups is 1. The molecule has 1 saturated carbocycles. The normalized spacial score (nSPS) is 15.3. The van der Waals surface area contributed by atoms with E-state index in [1.807, 2.05) is 47.0 Å². The molecule has 4 aromatic rings. The van der Waals surface area contributed by atoms with E-state index in [0.29, 0.717) is 29.3 Å². The number of benzene rings is 2. The largest absolute Gasteiger partial charge is 0.352 e. The van der Waals surface area contributed by atoms with Crippen molar-refractivity contribution < 1.29 is 4.79 Å². The van der Waals surface area contributed by atoms with Crippen molar-refractivity contribution >= 4 is 27.7 Å². The summed E-state index contributed by atoms with van der Waals surface area (Å²) in [4.78, 5) is 30.6. The van der Waals surface area contributed by atoms with Crippen molar-refractivity contribution in [2.24, 2.45) is 0 Å². The maximum Gasteiger partial charge on any atom is 0.261 e. The lowest BCUT2D eigenvalue weighted by atomic mass is 10.0. The number of nitrogens with zero attached hydrogens (tertiary/aromatic N) is 3. The van der Waals surface area contributed by atoms with Gasteiger partial charge in [0.05, 0.1) is 16.6 Å². The number of aryl methyl sites for hydroxylation is 1. The van der Waals surface area contributed by atoms with E-state index in [4.69, 9.17) is 4.98 Å². The summed E-state index contributed by atoms with van der Waals surface area (Å²) in [6.07, 6.45) is 2.87. The number of hydrogen-bond donors (Lipinski definition) is 1. The molecule has 144 valence electrons. The monoisotopic (exact) mass is 384 g/mol. The summed E-state index contributed by atoms with van der Waals surface area (Å²) in [5, 5.41) is 4.85. The number of fused-ring (bicyclic) bond motifs is 6. The van der Waals surface area contributed by atoms with Gasteiger partial charge in [0, 0.05) is 23.5 Å². The van der Waals surface area contributed by atoms with Gasteiger partial charge in [-0.3, -0.25) is 14.2 Å². The van der Waals surface area contributed by atoms with E-state index in [1.165, 1.54) is 5.56 Å². The van der Waals surface area contributed by atoms with Crippen molar-refractivity contribution in [3.63, 3.8) is 0 Å². The van der Waals surface area contributed by atoms with Gasteiger partial charge < -0.3 is 9.88 Å². The van der Waals surface area contributed by atoms with Crippen LogP contribution in [0.4, 0.5) is 0 Å². The lowest BCUT2D eigenvalue weighted by Gasteiger charge is -2.21. The van der Waals surface area contributed by atoms with Crippen molar-refractivity contribution in [2.75, 3.05) is 0 Å². The summed E-state index contributed by atoms with van der Waals surface area (Å²) < 4.78 is 3.80. The topological polar surface area (TPSA) is 68.9 Å². The number of para-hydroxylation sites is 2. The van der Waals surface area contributed by atoms with Gasteiger partial charge in [-0.15, -0.1) is 0 Å². The number of nitrogens with one attached hydrogen (secondary N) is 1. The van der Waals surface area contributed by atoms with Gasteiger partial charge in [-0.1, -0.05) is 30.3 Å². The molecule has 0 saturated heterocycles. The maximum atomic E-state index is 13.1. The Kier molecular flexibility index (Phi) is 3.45. The third-order valence-corrected chi connectivity index (χ3v) is 5.98. The minimum Gasteiger partial charge on any atom is -0.352 e. The Balaban J connectivity index is 1.62. The van der Waals surface area contributed by atoms with Crippen LogP contribution in [0.2, 0.25) is 0 Å². The molecule has 6 heteroatoms. The zero-order valence-corrected chi connectivity index (χ0v) is 15.9. The highest BCUT2D eigenvalue weighted by atomic mass is 16.2. The second kappa shape index (κ2) is 6.04. The zero-order chi connectivity index (χ0) is 19.5. The molecule has 0 atom stereocenters. The fourth-order valence-electron chi connectivity index (χ4n) is 4.47. The molecule has 0 bridgehead atoms. The van der Waals surface area contributed by atoms with Crippen LogP contribution in [0.25, 0.3) is 33.3 Å². The average Bonchev–Trinajstić information content (AvgIpc) is 3.50. The third-order valence-electron chi connectivity index (χ3n) is 5.98. The Bertz CT molecular complexity index is 1360. The molecule has 3 heterocycles. The lowest BCUT2D eigenvalue weighted by molar-refractivity contribution is -0.121. The molecule has 6 nitrogen and oxygen atoms in total. The van der Waals surface area contributed by atoms with E-state index < -0.39 is 0 Å². The van der Waals surface area contributed by atoms with Crippen LogP contribution in [0.3, 0.4) is 0 Å².